The molecule has 0 atom stereocenters. The number of fused-ring (bicyclic) bond motifs is 2. The summed E-state index contributed by atoms with van der Waals surface area (Å²) in [6, 6.07) is 14.6. The van der Waals surface area contributed by atoms with Gasteiger partial charge in [0.15, 0.2) is 5.58 Å². The maximum absolute atomic E-state index is 13.2. The molecule has 7 heteroatoms. The molecule has 4 aromatic rings. The minimum absolute atomic E-state index is 0.279. The van der Waals surface area contributed by atoms with Crippen LogP contribution < -0.4 is 4.74 Å². The van der Waals surface area contributed by atoms with Crippen LogP contribution in [0.5, 0.6) is 5.75 Å². The normalized spacial score (nSPS) is 13.6. The van der Waals surface area contributed by atoms with Crippen LogP contribution in [0.25, 0.3) is 33.3 Å². The molecule has 5 rings (SSSR count). The second-order valence-corrected chi connectivity index (χ2v) is 7.81. The lowest BCUT2D eigenvalue weighted by Gasteiger charge is -2.28. The minimum atomic E-state index is -0.300. The molecule has 0 unspecified atom stereocenters. The third-order valence-electron chi connectivity index (χ3n) is 5.57. The van der Waals surface area contributed by atoms with E-state index in [0.717, 1.165) is 11.3 Å². The number of carbonyl (C=O) groups excluding carboxylic acids is 2. The summed E-state index contributed by atoms with van der Waals surface area (Å²) in [5, 5.41) is 1.34. The number of nitrogens with zero attached hydrogens (tertiary/aromatic N) is 3. The number of ether oxygens (including phenoxy) is 1. The Morgan fingerprint density at radius 2 is 1.77 bits per heavy atom. The van der Waals surface area contributed by atoms with Crippen LogP contribution in [-0.2, 0) is 0 Å². The maximum Gasteiger partial charge on any atom is 0.261 e. The zero-order chi connectivity index (χ0) is 21.7. The third-order valence-corrected chi connectivity index (χ3v) is 5.57. The first-order valence-electron chi connectivity index (χ1n) is 9.99. The maximum atomic E-state index is 13.2. The first kappa shape index (κ1) is 19.3. The summed E-state index contributed by atoms with van der Waals surface area (Å²) in [6.07, 6.45) is 0. The Hall–Kier alpha value is -3.71. The van der Waals surface area contributed by atoms with E-state index in [2.05, 4.69) is 4.98 Å². The standard InChI is InChI=1S/C24H21N3O4/c1-26(2)11-12-27-23(28)17-6-4-5-16-20(17)18(24(27)29)13-19-21(16)31-22(25-19)14-7-9-15(30-3)10-8-14/h4-10,13H,11-12H2,1-3H3. The van der Waals surface area contributed by atoms with E-state index in [0.29, 0.717) is 52.0 Å². The van der Waals surface area contributed by atoms with Crippen LogP contribution in [0.15, 0.2) is 52.9 Å². The summed E-state index contributed by atoms with van der Waals surface area (Å²) >= 11 is 0. The lowest BCUT2D eigenvalue weighted by atomic mass is 9.93. The van der Waals surface area contributed by atoms with Gasteiger partial charge in [-0.05, 0) is 50.5 Å². The van der Waals surface area contributed by atoms with Crippen molar-refractivity contribution in [2.75, 3.05) is 34.3 Å². The Kier molecular flexibility index (Phi) is 4.48. The molecule has 0 spiro atoms. The first-order chi connectivity index (χ1) is 15.0. The van der Waals surface area contributed by atoms with Gasteiger partial charge in [-0.3, -0.25) is 14.5 Å². The zero-order valence-corrected chi connectivity index (χ0v) is 17.5. The van der Waals surface area contributed by atoms with E-state index in [4.69, 9.17) is 9.15 Å². The zero-order valence-electron chi connectivity index (χ0n) is 17.5. The summed E-state index contributed by atoms with van der Waals surface area (Å²) in [6.45, 7) is 0.922. The van der Waals surface area contributed by atoms with Gasteiger partial charge in [-0.15, -0.1) is 0 Å². The van der Waals surface area contributed by atoms with Crippen LogP contribution >= 0.6 is 0 Å². The fourth-order valence-electron chi connectivity index (χ4n) is 3.95. The van der Waals surface area contributed by atoms with Crippen LogP contribution in [0.1, 0.15) is 20.7 Å². The largest absolute Gasteiger partial charge is 0.497 e. The molecule has 7 nitrogen and oxygen atoms in total. The number of imide groups is 1. The highest BCUT2D eigenvalue weighted by atomic mass is 16.5. The minimum Gasteiger partial charge on any atom is -0.497 e. The molecule has 2 amide bonds. The summed E-state index contributed by atoms with van der Waals surface area (Å²) < 4.78 is 11.3. The van der Waals surface area contributed by atoms with Crippen molar-refractivity contribution in [3.63, 3.8) is 0 Å². The van der Waals surface area contributed by atoms with Gasteiger partial charge >= 0.3 is 0 Å². The molecule has 0 radical (unpaired) electrons. The number of rotatable bonds is 5. The van der Waals surface area contributed by atoms with Crippen LogP contribution in [0.4, 0.5) is 0 Å². The molecular weight excluding hydrogens is 394 g/mol. The second kappa shape index (κ2) is 7.21. The number of carbonyl (C=O) groups is 2. The predicted octanol–water partition coefficient (Wildman–Crippen LogP) is 3.81. The predicted molar refractivity (Wildman–Crippen MR) is 117 cm³/mol. The number of methoxy groups -OCH3 is 1. The highest BCUT2D eigenvalue weighted by molar-refractivity contribution is 6.28. The van der Waals surface area contributed by atoms with Crippen LogP contribution in [-0.4, -0.2) is 60.9 Å². The molecule has 0 saturated heterocycles. The Morgan fingerprint density at radius 1 is 1.03 bits per heavy atom. The van der Waals surface area contributed by atoms with Crippen molar-refractivity contribution in [1.29, 1.82) is 0 Å². The van der Waals surface area contributed by atoms with Crippen molar-refractivity contribution in [3.8, 4) is 17.2 Å². The van der Waals surface area contributed by atoms with E-state index in [1.165, 1.54) is 4.90 Å². The van der Waals surface area contributed by atoms with E-state index in [1.807, 2.05) is 55.4 Å². The number of hydrogen-bond acceptors (Lipinski definition) is 6. The molecule has 0 aliphatic carbocycles. The first-order valence-corrected chi connectivity index (χ1v) is 9.99. The second-order valence-electron chi connectivity index (χ2n) is 7.81. The van der Waals surface area contributed by atoms with Gasteiger partial charge in [-0.2, -0.15) is 0 Å². The Bertz CT molecular complexity index is 1340. The van der Waals surface area contributed by atoms with Gasteiger partial charge in [0.2, 0.25) is 5.89 Å². The third kappa shape index (κ3) is 3.05. The summed E-state index contributed by atoms with van der Waals surface area (Å²) in [7, 11) is 5.43. The number of aromatic nitrogens is 1. The Morgan fingerprint density at radius 3 is 2.48 bits per heavy atom. The van der Waals surface area contributed by atoms with Gasteiger partial charge in [0.1, 0.15) is 11.3 Å². The van der Waals surface area contributed by atoms with E-state index in [1.54, 1.807) is 19.2 Å². The smallest absolute Gasteiger partial charge is 0.261 e. The van der Waals surface area contributed by atoms with Gasteiger partial charge in [0, 0.05) is 35.0 Å². The van der Waals surface area contributed by atoms with Gasteiger partial charge in [-0.25, -0.2) is 4.98 Å². The molecule has 0 fully saturated rings. The van der Waals surface area contributed by atoms with E-state index in [9.17, 15) is 9.59 Å². The van der Waals surface area contributed by atoms with Crippen molar-refractivity contribution >= 4 is 33.7 Å². The van der Waals surface area contributed by atoms with E-state index >= 15 is 0 Å². The highest BCUT2D eigenvalue weighted by Gasteiger charge is 2.34. The molecule has 1 aliphatic rings. The fourth-order valence-corrected chi connectivity index (χ4v) is 3.95. The van der Waals surface area contributed by atoms with Crippen LogP contribution in [0, 0.1) is 0 Å². The van der Waals surface area contributed by atoms with E-state index in [-0.39, 0.29) is 11.8 Å². The number of amides is 2. The summed E-state index contributed by atoms with van der Waals surface area (Å²) in [5.41, 5.74) is 2.93. The summed E-state index contributed by atoms with van der Waals surface area (Å²) in [5.74, 6) is 0.611. The van der Waals surface area contributed by atoms with Crippen molar-refractivity contribution < 1.29 is 18.7 Å². The molecule has 0 saturated carbocycles. The van der Waals surface area contributed by atoms with Gasteiger partial charge < -0.3 is 14.1 Å². The van der Waals surface area contributed by atoms with Crippen molar-refractivity contribution in [2.45, 2.75) is 0 Å². The van der Waals surface area contributed by atoms with Gasteiger partial charge in [0.05, 0.1) is 12.7 Å². The average molecular weight is 415 g/mol. The monoisotopic (exact) mass is 415 g/mol. The molecule has 156 valence electrons. The lowest BCUT2D eigenvalue weighted by Crippen LogP contribution is -2.43. The highest BCUT2D eigenvalue weighted by Crippen LogP contribution is 2.37. The van der Waals surface area contributed by atoms with E-state index < -0.39 is 0 Å². The van der Waals surface area contributed by atoms with Crippen molar-refractivity contribution in [1.82, 2.24) is 14.8 Å². The van der Waals surface area contributed by atoms with Gasteiger partial charge in [-0.1, -0.05) is 12.1 Å². The molecule has 3 aromatic carbocycles. The van der Waals surface area contributed by atoms with Crippen LogP contribution in [0.3, 0.4) is 0 Å². The lowest BCUT2D eigenvalue weighted by molar-refractivity contribution is 0.0601. The molecular formula is C24H21N3O4. The van der Waals surface area contributed by atoms with Crippen LogP contribution in [0.2, 0.25) is 0 Å². The number of oxazole rings is 1. The molecule has 0 N–H and O–H groups in total. The topological polar surface area (TPSA) is 75.9 Å². The number of hydrogen-bond donors (Lipinski definition) is 0. The van der Waals surface area contributed by atoms with Crippen molar-refractivity contribution in [2.24, 2.45) is 0 Å². The summed E-state index contributed by atoms with van der Waals surface area (Å²) in [4.78, 5) is 34.2. The fraction of sp³-hybridized carbons (Fsp3) is 0.208. The Balaban J connectivity index is 1.68. The molecule has 2 heterocycles. The van der Waals surface area contributed by atoms with Gasteiger partial charge in [0.25, 0.3) is 11.8 Å². The quantitative estimate of drug-likeness (QED) is 0.462. The molecule has 0 bridgehead atoms. The number of benzene rings is 3. The molecule has 1 aliphatic heterocycles. The molecule has 31 heavy (non-hydrogen) atoms. The SMILES string of the molecule is COc1ccc(-c2nc3cc4c5c(cccc5c3o2)C(=O)N(CCN(C)C)C4=O)cc1. The molecule has 1 aromatic heterocycles. The average Bonchev–Trinajstić information content (AvgIpc) is 3.21. The Labute approximate surface area is 178 Å². The van der Waals surface area contributed by atoms with Crippen molar-refractivity contribution in [3.05, 3.63) is 59.7 Å². The number of likely N-dealkylation sites (N-methyl/N-ethyl adjacent to an activating group) is 1.